The molecule has 0 saturated heterocycles. The van der Waals surface area contributed by atoms with Gasteiger partial charge in [-0.25, -0.2) is 19.4 Å². The second kappa shape index (κ2) is 10.3. The third-order valence-electron chi connectivity index (χ3n) is 6.91. The third kappa shape index (κ3) is 4.93. The Labute approximate surface area is 233 Å². The molecule has 0 unspecified atom stereocenters. The molecule has 1 saturated carbocycles. The van der Waals surface area contributed by atoms with E-state index in [2.05, 4.69) is 35.8 Å². The van der Waals surface area contributed by atoms with Crippen molar-refractivity contribution in [3.8, 4) is 22.7 Å². The zero-order chi connectivity index (χ0) is 27.8. The summed E-state index contributed by atoms with van der Waals surface area (Å²) in [7, 11) is 0. The number of nitrogens with one attached hydrogen (secondary N) is 2. The molecule has 41 heavy (non-hydrogen) atoms. The highest BCUT2D eigenvalue weighted by molar-refractivity contribution is 6.19. The minimum Gasteiger partial charge on any atom is -0.402 e. The van der Waals surface area contributed by atoms with Crippen LogP contribution in [0, 0.1) is 0 Å². The molecule has 202 valence electrons. The van der Waals surface area contributed by atoms with E-state index in [1.54, 1.807) is 18.5 Å². The molecule has 0 spiro atoms. The van der Waals surface area contributed by atoms with Gasteiger partial charge in [-0.05, 0) is 25.0 Å². The Morgan fingerprint density at radius 2 is 1.68 bits per heavy atom. The number of carbonyl (C=O) groups is 1. The minimum absolute atomic E-state index is 0.0232. The van der Waals surface area contributed by atoms with Crippen LogP contribution in [-0.2, 0) is 11.5 Å². The summed E-state index contributed by atoms with van der Waals surface area (Å²) in [5.74, 6) is 0.904. The topological polar surface area (TPSA) is 131 Å². The molecule has 3 aromatic heterocycles. The summed E-state index contributed by atoms with van der Waals surface area (Å²) < 4.78 is 19.4. The summed E-state index contributed by atoms with van der Waals surface area (Å²) in [5, 5.41) is 14.1. The molecule has 11 heteroatoms. The fraction of sp³-hybridized carbons (Fsp3) is 0.167. The Hall–Kier alpha value is -5.32. The SMILES string of the molecule is O=C1Nc2ccccc2C(c2ccccc2)=N[C@@H]1Nc1nnc(-c2ncc(CF)cc2-c2cnc(C3CC3)nc2)o1. The van der Waals surface area contributed by atoms with Crippen LogP contribution in [0.5, 0.6) is 0 Å². The first-order chi connectivity index (χ1) is 20.2. The van der Waals surface area contributed by atoms with E-state index in [9.17, 15) is 9.18 Å². The fourth-order valence-corrected chi connectivity index (χ4v) is 4.68. The number of para-hydroxylation sites is 1. The number of halogens is 1. The molecule has 1 amide bonds. The summed E-state index contributed by atoms with van der Waals surface area (Å²) in [6.07, 6.45) is 5.93. The number of anilines is 2. The number of rotatable bonds is 7. The van der Waals surface area contributed by atoms with Crippen molar-refractivity contribution in [1.82, 2.24) is 25.1 Å². The quantitative estimate of drug-likeness (QED) is 0.286. The van der Waals surface area contributed by atoms with E-state index >= 15 is 0 Å². The second-order valence-electron chi connectivity index (χ2n) is 9.82. The van der Waals surface area contributed by atoms with Crippen molar-refractivity contribution in [2.45, 2.75) is 31.6 Å². The molecule has 0 bridgehead atoms. The van der Waals surface area contributed by atoms with E-state index in [0.717, 1.165) is 29.8 Å². The molecule has 1 aliphatic carbocycles. The van der Waals surface area contributed by atoms with Gasteiger partial charge in [0.15, 0.2) is 0 Å². The predicted molar refractivity (Wildman–Crippen MR) is 150 cm³/mol. The Kier molecular flexibility index (Phi) is 6.23. The number of carbonyl (C=O) groups excluding carboxylic acids is 1. The van der Waals surface area contributed by atoms with Crippen molar-refractivity contribution in [2.24, 2.45) is 4.99 Å². The Morgan fingerprint density at radius 3 is 2.46 bits per heavy atom. The van der Waals surface area contributed by atoms with Crippen molar-refractivity contribution in [3.63, 3.8) is 0 Å². The molecule has 1 atom stereocenters. The Bertz CT molecular complexity index is 1770. The summed E-state index contributed by atoms with van der Waals surface area (Å²) in [6, 6.07) is 18.7. The lowest BCUT2D eigenvalue weighted by Crippen LogP contribution is -2.32. The number of benzene rings is 2. The van der Waals surface area contributed by atoms with Gasteiger partial charge < -0.3 is 15.1 Å². The first-order valence-electron chi connectivity index (χ1n) is 13.2. The van der Waals surface area contributed by atoms with E-state index in [4.69, 9.17) is 9.41 Å². The molecule has 0 radical (unpaired) electrons. The molecule has 2 N–H and O–H groups in total. The van der Waals surface area contributed by atoms with E-state index in [1.165, 1.54) is 6.20 Å². The van der Waals surface area contributed by atoms with Gasteiger partial charge in [0.25, 0.3) is 11.8 Å². The van der Waals surface area contributed by atoms with Crippen LogP contribution in [0.25, 0.3) is 22.7 Å². The summed E-state index contributed by atoms with van der Waals surface area (Å²) in [5.41, 5.74) is 4.87. The first kappa shape index (κ1) is 24.7. The lowest BCUT2D eigenvalue weighted by atomic mass is 10.0. The standard InChI is InChI=1S/C30H23FN8O2/c31-13-17-12-22(20-15-33-26(34-16-20)19-10-11-19)25(32-14-17)29-38-39-30(41-29)37-27-28(40)35-23-9-5-4-8-21(23)24(36-27)18-6-2-1-3-7-18/h1-9,12,14-16,19,27H,10-11,13H2,(H,35,40)(H,37,39)/t27-/m1/s1. The number of benzodiazepines with no additional fused rings is 1. The van der Waals surface area contributed by atoms with Gasteiger partial charge in [0.2, 0.25) is 6.17 Å². The van der Waals surface area contributed by atoms with Gasteiger partial charge in [-0.3, -0.25) is 9.78 Å². The monoisotopic (exact) mass is 546 g/mol. The number of hydrogen-bond donors (Lipinski definition) is 2. The number of fused-ring (bicyclic) bond motifs is 1. The maximum atomic E-state index is 13.5. The minimum atomic E-state index is -1.06. The van der Waals surface area contributed by atoms with Gasteiger partial charge in [0.05, 0.1) is 11.4 Å². The average molecular weight is 547 g/mol. The highest BCUT2D eigenvalue weighted by atomic mass is 19.1. The van der Waals surface area contributed by atoms with Gasteiger partial charge in [-0.1, -0.05) is 53.6 Å². The maximum Gasteiger partial charge on any atom is 0.317 e. The molecule has 2 aromatic carbocycles. The largest absolute Gasteiger partial charge is 0.402 e. The van der Waals surface area contributed by atoms with Crippen LogP contribution in [0.3, 0.4) is 0 Å². The smallest absolute Gasteiger partial charge is 0.317 e. The van der Waals surface area contributed by atoms with Crippen LogP contribution < -0.4 is 10.6 Å². The second-order valence-corrected chi connectivity index (χ2v) is 9.82. The van der Waals surface area contributed by atoms with Gasteiger partial charge in [-0.2, -0.15) is 0 Å². The van der Waals surface area contributed by atoms with Crippen LogP contribution in [0.2, 0.25) is 0 Å². The van der Waals surface area contributed by atoms with Crippen LogP contribution in [0.4, 0.5) is 16.1 Å². The number of hydrogen-bond acceptors (Lipinski definition) is 9. The van der Waals surface area contributed by atoms with E-state index in [1.807, 2.05) is 54.6 Å². The molecule has 1 fully saturated rings. The lowest BCUT2D eigenvalue weighted by molar-refractivity contribution is -0.116. The maximum absolute atomic E-state index is 13.5. The van der Waals surface area contributed by atoms with Crippen LogP contribution in [0.15, 0.2) is 88.7 Å². The summed E-state index contributed by atoms with van der Waals surface area (Å²) in [6.45, 7) is -0.682. The average Bonchev–Trinajstić information content (AvgIpc) is 3.79. The molecule has 7 rings (SSSR count). The molecular weight excluding hydrogens is 523 g/mol. The zero-order valence-corrected chi connectivity index (χ0v) is 21.7. The highest BCUT2D eigenvalue weighted by Crippen LogP contribution is 2.38. The molecular formula is C30H23FN8O2. The predicted octanol–water partition coefficient (Wildman–Crippen LogP) is 5.16. The summed E-state index contributed by atoms with van der Waals surface area (Å²) >= 11 is 0. The normalized spacial score (nSPS) is 16.4. The number of alkyl halides is 1. The molecule has 4 heterocycles. The van der Waals surface area contributed by atoms with Gasteiger partial charge in [0, 0.05) is 52.3 Å². The first-order valence-corrected chi connectivity index (χ1v) is 13.2. The van der Waals surface area contributed by atoms with E-state index < -0.39 is 12.8 Å². The van der Waals surface area contributed by atoms with Gasteiger partial charge in [0.1, 0.15) is 18.2 Å². The van der Waals surface area contributed by atoms with Gasteiger partial charge in [-0.15, -0.1) is 5.10 Å². The zero-order valence-electron chi connectivity index (χ0n) is 21.7. The van der Waals surface area contributed by atoms with E-state index in [-0.39, 0.29) is 17.8 Å². The van der Waals surface area contributed by atoms with Crippen molar-refractivity contribution in [2.75, 3.05) is 10.6 Å². The number of aliphatic imine (C=N–C) groups is 1. The van der Waals surface area contributed by atoms with Crippen molar-refractivity contribution >= 4 is 23.3 Å². The van der Waals surface area contributed by atoms with Crippen molar-refractivity contribution < 1.29 is 13.6 Å². The Morgan fingerprint density at radius 1 is 0.902 bits per heavy atom. The third-order valence-corrected chi connectivity index (χ3v) is 6.91. The van der Waals surface area contributed by atoms with Crippen molar-refractivity contribution in [3.05, 3.63) is 102 Å². The lowest BCUT2D eigenvalue weighted by Gasteiger charge is -2.11. The van der Waals surface area contributed by atoms with Crippen LogP contribution >= 0.6 is 0 Å². The number of aromatic nitrogens is 5. The molecule has 2 aliphatic rings. The number of pyridine rings is 1. The van der Waals surface area contributed by atoms with Crippen LogP contribution in [-0.4, -0.2) is 42.9 Å². The Balaban J connectivity index is 1.22. The molecule has 1 aliphatic heterocycles. The van der Waals surface area contributed by atoms with Gasteiger partial charge >= 0.3 is 6.01 Å². The number of nitrogens with zero attached hydrogens (tertiary/aromatic N) is 6. The molecule has 5 aromatic rings. The fourth-order valence-electron chi connectivity index (χ4n) is 4.68. The molecule has 10 nitrogen and oxygen atoms in total. The van der Waals surface area contributed by atoms with E-state index in [0.29, 0.717) is 39.7 Å². The highest BCUT2D eigenvalue weighted by Gasteiger charge is 2.28. The summed E-state index contributed by atoms with van der Waals surface area (Å²) in [4.78, 5) is 31.3. The van der Waals surface area contributed by atoms with Crippen molar-refractivity contribution in [1.29, 1.82) is 0 Å². The van der Waals surface area contributed by atoms with Crippen LogP contribution in [0.1, 0.15) is 41.3 Å². The number of amides is 1.